The third kappa shape index (κ3) is 4.14. The van der Waals surface area contributed by atoms with E-state index < -0.39 is 23.3 Å². The highest BCUT2D eigenvalue weighted by atomic mass is 35.5. The number of thioether (sulfide) groups is 1. The molecule has 0 fully saturated rings. The van der Waals surface area contributed by atoms with E-state index in [0.717, 1.165) is 28.7 Å². The fraction of sp³-hybridized carbons (Fsp3) is 0.105. The fourth-order valence-corrected chi connectivity index (χ4v) is 3.60. The van der Waals surface area contributed by atoms with Crippen molar-refractivity contribution in [1.82, 2.24) is 15.2 Å². The van der Waals surface area contributed by atoms with Crippen LogP contribution in [-0.2, 0) is 11.0 Å². The molecular formula is C19H12ClF3N4O2S. The number of H-pyrrole nitrogens is 1. The molecule has 0 unspecified atom stereocenters. The smallest absolute Gasteiger partial charge is 0.411 e. The maximum Gasteiger partial charge on any atom is 0.418 e. The Morgan fingerprint density at radius 2 is 1.97 bits per heavy atom. The molecule has 4 rings (SSSR count). The molecule has 6 nitrogen and oxygen atoms in total. The summed E-state index contributed by atoms with van der Waals surface area (Å²) in [5, 5.41) is 10.9. The molecule has 0 radical (unpaired) electrons. The molecule has 0 bridgehead atoms. The van der Waals surface area contributed by atoms with E-state index in [9.17, 15) is 18.0 Å². The first-order valence-electron chi connectivity index (χ1n) is 8.51. The maximum atomic E-state index is 13.1. The number of carbonyl (C=O) groups excluding carboxylic acids is 1. The van der Waals surface area contributed by atoms with E-state index >= 15 is 0 Å². The maximum absolute atomic E-state index is 13.1. The Labute approximate surface area is 176 Å². The normalized spacial score (nSPS) is 11.7. The summed E-state index contributed by atoms with van der Waals surface area (Å²) in [4.78, 5) is 15.3. The number of halogens is 4. The molecular weight excluding hydrogens is 441 g/mol. The molecule has 30 heavy (non-hydrogen) atoms. The molecule has 0 saturated carbocycles. The molecule has 0 atom stereocenters. The van der Waals surface area contributed by atoms with E-state index in [1.165, 1.54) is 12.1 Å². The zero-order valence-electron chi connectivity index (χ0n) is 15.0. The molecule has 11 heteroatoms. The van der Waals surface area contributed by atoms with E-state index in [1.54, 1.807) is 6.20 Å². The number of aromatic amines is 1. The molecule has 0 saturated heterocycles. The number of nitrogens with one attached hydrogen (secondary N) is 2. The van der Waals surface area contributed by atoms with E-state index in [1.807, 2.05) is 24.3 Å². The minimum Gasteiger partial charge on any atom is -0.411 e. The van der Waals surface area contributed by atoms with Gasteiger partial charge in [0.2, 0.25) is 5.91 Å². The number of hydrogen-bond donors (Lipinski definition) is 2. The van der Waals surface area contributed by atoms with Crippen molar-refractivity contribution < 1.29 is 22.4 Å². The lowest BCUT2D eigenvalue weighted by atomic mass is 10.1. The van der Waals surface area contributed by atoms with Crippen molar-refractivity contribution in [3.8, 4) is 11.5 Å². The van der Waals surface area contributed by atoms with E-state index in [0.29, 0.717) is 5.56 Å². The molecule has 2 N–H and O–H groups in total. The van der Waals surface area contributed by atoms with Gasteiger partial charge in [-0.15, -0.1) is 10.2 Å². The standard InChI is InChI=1S/C19H12ClF3N4O2S/c20-13-6-3-5-12(19(21,22)23)16(13)25-15(28)9-30-18-27-26-17(29-18)11-8-24-14-7-2-1-4-10(11)14/h1-8,24H,9H2,(H,25,28). The summed E-state index contributed by atoms with van der Waals surface area (Å²) >= 11 is 6.74. The zero-order valence-corrected chi connectivity index (χ0v) is 16.5. The molecule has 4 aromatic rings. The molecule has 2 aromatic carbocycles. The second kappa shape index (κ2) is 8.04. The Hall–Kier alpha value is -2.98. The summed E-state index contributed by atoms with van der Waals surface area (Å²) in [5.41, 5.74) is 0.106. The first-order chi connectivity index (χ1) is 14.3. The van der Waals surface area contributed by atoms with Gasteiger partial charge in [-0.3, -0.25) is 4.79 Å². The van der Waals surface area contributed by atoms with Gasteiger partial charge in [-0.1, -0.05) is 47.6 Å². The van der Waals surface area contributed by atoms with Gasteiger partial charge >= 0.3 is 6.18 Å². The number of aromatic nitrogens is 3. The van der Waals surface area contributed by atoms with Gasteiger partial charge in [0.15, 0.2) is 0 Å². The van der Waals surface area contributed by atoms with E-state index in [4.69, 9.17) is 16.0 Å². The number of para-hydroxylation sites is 2. The van der Waals surface area contributed by atoms with Crippen LogP contribution in [0, 0.1) is 0 Å². The van der Waals surface area contributed by atoms with Gasteiger partial charge in [0.1, 0.15) is 0 Å². The predicted molar refractivity (Wildman–Crippen MR) is 107 cm³/mol. The number of nitrogens with zero attached hydrogens (tertiary/aromatic N) is 2. The van der Waals surface area contributed by atoms with Crippen LogP contribution in [-0.4, -0.2) is 26.8 Å². The lowest BCUT2D eigenvalue weighted by molar-refractivity contribution is -0.137. The quantitative estimate of drug-likeness (QED) is 0.384. The van der Waals surface area contributed by atoms with Gasteiger partial charge in [0.25, 0.3) is 11.1 Å². The Morgan fingerprint density at radius 3 is 2.77 bits per heavy atom. The van der Waals surface area contributed by atoms with Crippen molar-refractivity contribution in [2.24, 2.45) is 0 Å². The van der Waals surface area contributed by atoms with Crippen LogP contribution < -0.4 is 5.32 Å². The second-order valence-electron chi connectivity index (χ2n) is 6.12. The van der Waals surface area contributed by atoms with Crippen molar-refractivity contribution in [3.05, 3.63) is 59.2 Å². The van der Waals surface area contributed by atoms with Gasteiger partial charge < -0.3 is 14.7 Å². The summed E-state index contributed by atoms with van der Waals surface area (Å²) < 4.78 is 45.0. The monoisotopic (exact) mass is 452 g/mol. The van der Waals surface area contributed by atoms with Gasteiger partial charge in [-0.25, -0.2) is 0 Å². The minimum atomic E-state index is -4.65. The number of alkyl halides is 3. The van der Waals surface area contributed by atoms with Crippen molar-refractivity contribution in [2.45, 2.75) is 11.4 Å². The number of fused-ring (bicyclic) bond motifs is 1. The molecule has 154 valence electrons. The van der Waals surface area contributed by atoms with Crippen molar-refractivity contribution >= 4 is 45.9 Å². The Bertz CT molecular complexity index is 1220. The predicted octanol–water partition coefficient (Wildman–Crippen LogP) is 5.62. The fourth-order valence-electron chi connectivity index (χ4n) is 2.82. The molecule has 1 amide bonds. The van der Waals surface area contributed by atoms with Crippen molar-refractivity contribution in [3.63, 3.8) is 0 Å². The Morgan fingerprint density at radius 1 is 1.17 bits per heavy atom. The third-order valence-corrected chi connectivity index (χ3v) is 5.27. The summed E-state index contributed by atoms with van der Waals surface area (Å²) in [6, 6.07) is 10.8. The molecule has 0 aliphatic carbocycles. The number of carbonyl (C=O) groups is 1. The average molecular weight is 453 g/mol. The van der Waals surface area contributed by atoms with Crippen LogP contribution in [0.3, 0.4) is 0 Å². The molecule has 2 heterocycles. The van der Waals surface area contributed by atoms with Crippen molar-refractivity contribution in [2.75, 3.05) is 11.1 Å². The number of anilines is 1. The average Bonchev–Trinajstić information content (AvgIpc) is 3.33. The number of rotatable bonds is 5. The van der Waals surface area contributed by atoms with Crippen LogP contribution in [0.25, 0.3) is 22.4 Å². The third-order valence-electron chi connectivity index (χ3n) is 4.14. The van der Waals surface area contributed by atoms with Crippen LogP contribution in [0.5, 0.6) is 0 Å². The summed E-state index contributed by atoms with van der Waals surface area (Å²) in [6.07, 6.45) is -2.92. The molecule has 0 aliphatic rings. The first-order valence-corrected chi connectivity index (χ1v) is 9.87. The number of hydrogen-bond acceptors (Lipinski definition) is 5. The van der Waals surface area contributed by atoms with E-state index in [2.05, 4.69) is 20.5 Å². The Kier molecular flexibility index (Phi) is 5.44. The summed E-state index contributed by atoms with van der Waals surface area (Å²) in [7, 11) is 0. The van der Waals surface area contributed by atoms with Crippen LogP contribution in [0.4, 0.5) is 18.9 Å². The van der Waals surface area contributed by atoms with Crippen LogP contribution in [0.1, 0.15) is 5.56 Å². The van der Waals surface area contributed by atoms with E-state index in [-0.39, 0.29) is 21.9 Å². The summed E-state index contributed by atoms with van der Waals surface area (Å²) in [5.74, 6) is -0.663. The topological polar surface area (TPSA) is 83.8 Å². The second-order valence-corrected chi connectivity index (χ2v) is 7.45. The van der Waals surface area contributed by atoms with Crippen molar-refractivity contribution in [1.29, 1.82) is 0 Å². The molecule has 2 aromatic heterocycles. The lowest BCUT2D eigenvalue weighted by Crippen LogP contribution is -2.18. The van der Waals surface area contributed by atoms with Crippen LogP contribution >= 0.6 is 23.4 Å². The molecule has 0 aliphatic heterocycles. The number of benzene rings is 2. The van der Waals surface area contributed by atoms with Crippen LogP contribution in [0.2, 0.25) is 5.02 Å². The summed E-state index contributed by atoms with van der Waals surface area (Å²) in [6.45, 7) is 0. The minimum absolute atomic E-state index is 0.112. The SMILES string of the molecule is O=C(CSc1nnc(-c2c[nH]c3ccccc23)o1)Nc1c(Cl)cccc1C(F)(F)F. The lowest BCUT2D eigenvalue weighted by Gasteiger charge is -2.14. The van der Waals surface area contributed by atoms with Gasteiger partial charge in [-0.2, -0.15) is 13.2 Å². The first kappa shape index (κ1) is 20.3. The highest BCUT2D eigenvalue weighted by Gasteiger charge is 2.34. The van der Waals surface area contributed by atoms with Gasteiger partial charge in [-0.05, 0) is 18.2 Å². The van der Waals surface area contributed by atoms with Gasteiger partial charge in [0.05, 0.1) is 27.6 Å². The zero-order chi connectivity index (χ0) is 21.3. The Balaban J connectivity index is 1.45. The van der Waals surface area contributed by atoms with Gasteiger partial charge in [0, 0.05) is 17.1 Å². The number of amides is 1. The molecule has 0 spiro atoms. The highest BCUT2D eigenvalue weighted by Crippen LogP contribution is 2.38. The highest BCUT2D eigenvalue weighted by molar-refractivity contribution is 7.99. The van der Waals surface area contributed by atoms with Crippen LogP contribution in [0.15, 0.2) is 58.3 Å². The largest absolute Gasteiger partial charge is 0.418 e.